The minimum Gasteiger partial charge on any atom is -0.395 e. The van der Waals surface area contributed by atoms with Crippen LogP contribution in [-0.2, 0) is 0 Å². The van der Waals surface area contributed by atoms with Crippen molar-refractivity contribution in [3.63, 3.8) is 0 Å². The third-order valence-corrected chi connectivity index (χ3v) is 3.08. The molecular weight excluding hydrogens is 290 g/mol. The Hall–Kier alpha value is -2.43. The third-order valence-electron chi connectivity index (χ3n) is 3.08. The van der Waals surface area contributed by atoms with Crippen molar-refractivity contribution in [1.29, 1.82) is 0 Å². The van der Waals surface area contributed by atoms with E-state index in [-0.39, 0.29) is 11.5 Å². The quantitative estimate of drug-likeness (QED) is 0.566. The molecule has 0 aromatic heterocycles. The Balaban J connectivity index is 1.94. The topological polar surface area (TPSA) is 35.5 Å². The lowest BCUT2D eigenvalue weighted by Gasteiger charge is -2.08. The van der Waals surface area contributed by atoms with E-state index in [0.29, 0.717) is 11.1 Å². The third kappa shape index (κ3) is 4.28. The first-order chi connectivity index (χ1) is 10.5. The summed E-state index contributed by atoms with van der Waals surface area (Å²) in [7, 11) is 0. The van der Waals surface area contributed by atoms with Gasteiger partial charge in [-0.15, -0.1) is 0 Å². The minimum absolute atomic E-state index is 0.253. The molecule has 22 heavy (non-hydrogen) atoms. The number of carbonyl (C=O) groups excluding carboxylic acids is 1. The highest BCUT2D eigenvalue weighted by atomic mass is 19.1. The second kappa shape index (κ2) is 7.02. The zero-order valence-electron chi connectivity index (χ0n) is 12.3. The molecule has 2 aromatic rings. The van der Waals surface area contributed by atoms with Crippen LogP contribution in [0.2, 0.25) is 0 Å². The number of hydrogen-bond donors (Lipinski definition) is 0. The Morgan fingerprint density at radius 1 is 0.773 bits per heavy atom. The molecule has 0 spiro atoms. The van der Waals surface area contributed by atoms with Crippen molar-refractivity contribution in [3.8, 4) is 11.5 Å². The van der Waals surface area contributed by atoms with Gasteiger partial charge in [-0.2, -0.15) is 0 Å². The van der Waals surface area contributed by atoms with Crippen molar-refractivity contribution in [3.05, 3.63) is 59.7 Å². The number of alkyl halides is 2. The molecule has 0 bridgehead atoms. The predicted molar refractivity (Wildman–Crippen MR) is 78.6 cm³/mol. The highest BCUT2D eigenvalue weighted by Crippen LogP contribution is 2.22. The van der Waals surface area contributed by atoms with Gasteiger partial charge in [0.15, 0.2) is 0 Å². The van der Waals surface area contributed by atoms with Gasteiger partial charge in [0.1, 0.15) is 23.8 Å². The van der Waals surface area contributed by atoms with Crippen LogP contribution < -0.4 is 9.47 Å². The molecule has 2 atom stereocenters. The maximum absolute atomic E-state index is 13.0. The van der Waals surface area contributed by atoms with Crippen molar-refractivity contribution < 1.29 is 23.0 Å². The zero-order chi connectivity index (χ0) is 16.1. The normalized spacial score (nSPS) is 13.3. The first-order valence-corrected chi connectivity index (χ1v) is 6.83. The van der Waals surface area contributed by atoms with E-state index < -0.39 is 18.5 Å². The number of hydrogen-bond acceptors (Lipinski definition) is 3. The Labute approximate surface area is 127 Å². The maximum atomic E-state index is 13.0. The maximum Gasteiger partial charge on any atom is 0.519 e. The van der Waals surface area contributed by atoms with Crippen LogP contribution in [0.25, 0.3) is 0 Å². The lowest BCUT2D eigenvalue weighted by atomic mass is 10.1. The molecule has 5 heteroatoms. The predicted octanol–water partition coefficient (Wildman–Crippen LogP) is 5.33. The Kier molecular flexibility index (Phi) is 5.09. The van der Waals surface area contributed by atoms with Gasteiger partial charge in [0.05, 0.1) is 0 Å². The largest absolute Gasteiger partial charge is 0.519 e. The van der Waals surface area contributed by atoms with Crippen LogP contribution >= 0.6 is 0 Å². The van der Waals surface area contributed by atoms with Gasteiger partial charge in [0.25, 0.3) is 0 Å². The first-order valence-electron chi connectivity index (χ1n) is 6.83. The summed E-state index contributed by atoms with van der Waals surface area (Å²) < 4.78 is 36.0. The standard InChI is InChI=1S/C17H16F2O3/c1-11(18)13-3-7-15(8-4-13)21-17(20)22-16-9-5-14(6-10-16)12(2)19/h3-12H,1-2H3. The Morgan fingerprint density at radius 3 is 1.36 bits per heavy atom. The number of rotatable bonds is 4. The van der Waals surface area contributed by atoms with Gasteiger partial charge in [-0.3, -0.25) is 0 Å². The molecule has 0 N–H and O–H groups in total. The highest BCUT2D eigenvalue weighted by molar-refractivity contribution is 5.67. The first kappa shape index (κ1) is 15.9. The van der Waals surface area contributed by atoms with Crippen LogP contribution in [0.4, 0.5) is 13.6 Å². The summed E-state index contributed by atoms with van der Waals surface area (Å²) in [5.74, 6) is 0.506. The number of halogens is 2. The van der Waals surface area contributed by atoms with E-state index in [1.807, 2.05) is 0 Å². The van der Waals surface area contributed by atoms with Gasteiger partial charge in [0.2, 0.25) is 0 Å². The van der Waals surface area contributed by atoms with Crippen molar-refractivity contribution in [2.75, 3.05) is 0 Å². The van der Waals surface area contributed by atoms with Crippen LogP contribution in [0.5, 0.6) is 11.5 Å². The average Bonchev–Trinajstić information content (AvgIpc) is 2.48. The van der Waals surface area contributed by atoms with Crippen LogP contribution in [-0.4, -0.2) is 6.16 Å². The smallest absolute Gasteiger partial charge is 0.395 e. The van der Waals surface area contributed by atoms with Gasteiger partial charge < -0.3 is 9.47 Å². The minimum atomic E-state index is -1.09. The van der Waals surface area contributed by atoms with E-state index in [2.05, 4.69) is 0 Å². The Morgan fingerprint density at radius 2 is 1.09 bits per heavy atom. The number of benzene rings is 2. The zero-order valence-corrected chi connectivity index (χ0v) is 12.3. The molecular formula is C17H16F2O3. The fraction of sp³-hybridized carbons (Fsp3) is 0.235. The molecule has 2 unspecified atom stereocenters. The summed E-state index contributed by atoms with van der Waals surface area (Å²) in [5.41, 5.74) is 0.994. The average molecular weight is 306 g/mol. The molecule has 0 saturated heterocycles. The lowest BCUT2D eigenvalue weighted by Crippen LogP contribution is -2.13. The second-order valence-corrected chi connectivity index (χ2v) is 4.82. The van der Waals surface area contributed by atoms with Gasteiger partial charge in [0, 0.05) is 0 Å². The van der Waals surface area contributed by atoms with Crippen LogP contribution in [0, 0.1) is 0 Å². The fourth-order valence-electron chi connectivity index (χ4n) is 1.82. The summed E-state index contributed by atoms with van der Waals surface area (Å²) in [5, 5.41) is 0. The summed E-state index contributed by atoms with van der Waals surface area (Å²) in [6.45, 7) is 2.85. The molecule has 0 aliphatic heterocycles. The van der Waals surface area contributed by atoms with Crippen molar-refractivity contribution >= 4 is 6.16 Å². The van der Waals surface area contributed by atoms with E-state index in [0.717, 1.165) is 0 Å². The van der Waals surface area contributed by atoms with Crippen LogP contribution in [0.1, 0.15) is 37.3 Å². The van der Waals surface area contributed by atoms with Crippen molar-refractivity contribution in [1.82, 2.24) is 0 Å². The monoisotopic (exact) mass is 306 g/mol. The molecule has 0 saturated carbocycles. The van der Waals surface area contributed by atoms with Crippen LogP contribution in [0.3, 0.4) is 0 Å². The van der Waals surface area contributed by atoms with E-state index in [4.69, 9.17) is 9.47 Å². The van der Waals surface area contributed by atoms with Crippen molar-refractivity contribution in [2.45, 2.75) is 26.2 Å². The molecule has 0 aliphatic carbocycles. The Bertz CT molecular complexity index is 564. The summed E-state index contributed by atoms with van der Waals surface area (Å²) in [6, 6.07) is 12.1. The number of carbonyl (C=O) groups is 1. The van der Waals surface area contributed by atoms with Gasteiger partial charge in [-0.25, -0.2) is 13.6 Å². The molecule has 0 aliphatic rings. The van der Waals surface area contributed by atoms with E-state index in [9.17, 15) is 13.6 Å². The molecule has 0 amide bonds. The summed E-state index contributed by atoms with van der Waals surface area (Å²) in [4.78, 5) is 11.6. The molecule has 0 fully saturated rings. The lowest BCUT2D eigenvalue weighted by molar-refractivity contribution is 0.152. The molecule has 2 rings (SSSR count). The molecule has 0 radical (unpaired) electrons. The fourth-order valence-corrected chi connectivity index (χ4v) is 1.82. The summed E-state index contributed by atoms with van der Waals surface area (Å²) in [6.07, 6.45) is -3.09. The van der Waals surface area contributed by atoms with Crippen molar-refractivity contribution in [2.24, 2.45) is 0 Å². The second-order valence-electron chi connectivity index (χ2n) is 4.82. The molecule has 2 aromatic carbocycles. The van der Waals surface area contributed by atoms with Gasteiger partial charge in [-0.1, -0.05) is 24.3 Å². The summed E-state index contributed by atoms with van der Waals surface area (Å²) >= 11 is 0. The van der Waals surface area contributed by atoms with E-state index in [1.165, 1.54) is 62.4 Å². The highest BCUT2D eigenvalue weighted by Gasteiger charge is 2.10. The van der Waals surface area contributed by atoms with E-state index in [1.54, 1.807) is 0 Å². The van der Waals surface area contributed by atoms with Crippen LogP contribution in [0.15, 0.2) is 48.5 Å². The van der Waals surface area contributed by atoms with Gasteiger partial charge >= 0.3 is 6.16 Å². The molecule has 116 valence electrons. The molecule has 3 nitrogen and oxygen atoms in total. The van der Waals surface area contributed by atoms with Gasteiger partial charge in [-0.05, 0) is 49.2 Å². The number of ether oxygens (including phenoxy) is 2. The molecule has 0 heterocycles. The SMILES string of the molecule is CC(F)c1ccc(OC(=O)Oc2ccc(C(C)F)cc2)cc1. The van der Waals surface area contributed by atoms with E-state index >= 15 is 0 Å².